The van der Waals surface area contributed by atoms with Crippen LogP contribution in [-0.4, -0.2) is 43.7 Å². The lowest BCUT2D eigenvalue weighted by Gasteiger charge is -2.36. The highest BCUT2D eigenvalue weighted by molar-refractivity contribution is 7.16. The Hall–Kier alpha value is -2.03. The molecule has 1 amide bonds. The molecule has 5 nitrogen and oxygen atoms in total. The molecule has 0 unspecified atom stereocenters. The number of nitrogens with one attached hydrogen (secondary N) is 1. The number of carbonyl (C=O) groups is 1. The standard InChI is InChI=1S/C22H26F2N2O3S/c1-14(27)25-21-19(17-4-2-3-5-18(17)30-21)20(26-10-12-28-13-11-26)15-6-8-16(9-7-15)29-22(23)24/h6-9,20,22H,2-5,10-13H2,1H3,(H,25,27)/t20-/m0/s1. The van der Waals surface area contributed by atoms with E-state index in [1.54, 1.807) is 23.5 Å². The fourth-order valence-electron chi connectivity index (χ4n) is 4.36. The lowest BCUT2D eigenvalue weighted by atomic mass is 9.88. The van der Waals surface area contributed by atoms with Crippen LogP contribution in [0.1, 0.15) is 47.4 Å². The smallest absolute Gasteiger partial charge is 0.387 e. The molecule has 8 heteroatoms. The van der Waals surface area contributed by atoms with E-state index in [2.05, 4.69) is 15.0 Å². The highest BCUT2D eigenvalue weighted by atomic mass is 32.1. The minimum Gasteiger partial charge on any atom is -0.435 e. The summed E-state index contributed by atoms with van der Waals surface area (Å²) in [7, 11) is 0. The van der Waals surface area contributed by atoms with Crippen LogP contribution in [0.25, 0.3) is 0 Å². The molecule has 0 bridgehead atoms. The molecule has 0 spiro atoms. The van der Waals surface area contributed by atoms with E-state index in [-0.39, 0.29) is 17.7 Å². The van der Waals surface area contributed by atoms with Gasteiger partial charge in [-0.3, -0.25) is 9.69 Å². The maximum absolute atomic E-state index is 12.6. The Morgan fingerprint density at radius 1 is 1.17 bits per heavy atom. The van der Waals surface area contributed by atoms with Gasteiger partial charge < -0.3 is 14.8 Å². The first kappa shape index (κ1) is 21.2. The van der Waals surface area contributed by atoms with Crippen molar-refractivity contribution in [3.63, 3.8) is 0 Å². The van der Waals surface area contributed by atoms with Gasteiger partial charge in [0.2, 0.25) is 5.91 Å². The van der Waals surface area contributed by atoms with Crippen molar-refractivity contribution in [3.8, 4) is 5.75 Å². The maximum Gasteiger partial charge on any atom is 0.387 e. The summed E-state index contributed by atoms with van der Waals surface area (Å²) in [4.78, 5) is 15.6. The zero-order valence-electron chi connectivity index (χ0n) is 17.0. The third kappa shape index (κ3) is 4.66. The number of hydrogen-bond donors (Lipinski definition) is 1. The number of ether oxygens (including phenoxy) is 2. The molecule has 2 aliphatic rings. The minimum absolute atomic E-state index is 0.0746. The molecule has 0 radical (unpaired) electrons. The Morgan fingerprint density at radius 3 is 2.53 bits per heavy atom. The number of benzene rings is 1. The van der Waals surface area contributed by atoms with E-state index in [9.17, 15) is 13.6 Å². The van der Waals surface area contributed by atoms with E-state index in [0.29, 0.717) is 13.2 Å². The van der Waals surface area contributed by atoms with Crippen LogP contribution in [0.15, 0.2) is 24.3 Å². The largest absolute Gasteiger partial charge is 0.435 e. The van der Waals surface area contributed by atoms with Gasteiger partial charge in [-0.25, -0.2) is 0 Å². The number of hydrogen-bond acceptors (Lipinski definition) is 5. The zero-order chi connectivity index (χ0) is 21.1. The quantitative estimate of drug-likeness (QED) is 0.719. The molecule has 1 N–H and O–H groups in total. The van der Waals surface area contributed by atoms with E-state index >= 15 is 0 Å². The summed E-state index contributed by atoms with van der Waals surface area (Å²) in [5.74, 6) is 0.0557. The average Bonchev–Trinajstić information content (AvgIpc) is 3.07. The van der Waals surface area contributed by atoms with Gasteiger partial charge in [-0.1, -0.05) is 12.1 Å². The van der Waals surface area contributed by atoms with Crippen LogP contribution in [0.5, 0.6) is 5.75 Å². The van der Waals surface area contributed by atoms with Gasteiger partial charge in [0.1, 0.15) is 10.8 Å². The third-order valence-electron chi connectivity index (χ3n) is 5.61. The van der Waals surface area contributed by atoms with Crippen LogP contribution < -0.4 is 10.1 Å². The number of nitrogens with zero attached hydrogens (tertiary/aromatic N) is 1. The van der Waals surface area contributed by atoms with Gasteiger partial charge in [0.05, 0.1) is 19.3 Å². The molecule has 4 rings (SSSR count). The first-order valence-electron chi connectivity index (χ1n) is 10.3. The van der Waals surface area contributed by atoms with E-state index in [4.69, 9.17) is 4.74 Å². The number of aryl methyl sites for hydroxylation is 1. The third-order valence-corrected chi connectivity index (χ3v) is 6.83. The van der Waals surface area contributed by atoms with E-state index in [1.165, 1.54) is 17.4 Å². The predicted molar refractivity (Wildman–Crippen MR) is 113 cm³/mol. The molecule has 162 valence electrons. The Labute approximate surface area is 179 Å². The fourth-order valence-corrected chi connectivity index (χ4v) is 5.73. The first-order valence-corrected chi connectivity index (χ1v) is 11.1. The molecular weight excluding hydrogens is 410 g/mol. The molecule has 1 fully saturated rings. The average molecular weight is 437 g/mol. The normalized spacial score (nSPS) is 18.1. The summed E-state index contributed by atoms with van der Waals surface area (Å²) in [6.45, 7) is 1.51. The Bertz CT molecular complexity index is 879. The van der Waals surface area contributed by atoms with Crippen molar-refractivity contribution in [2.75, 3.05) is 31.6 Å². The number of thiophene rings is 1. The topological polar surface area (TPSA) is 50.8 Å². The maximum atomic E-state index is 12.6. The summed E-state index contributed by atoms with van der Waals surface area (Å²) in [6, 6.07) is 6.80. The van der Waals surface area contributed by atoms with Crippen LogP contribution in [0, 0.1) is 0 Å². The van der Waals surface area contributed by atoms with Gasteiger partial charge in [-0.2, -0.15) is 8.78 Å². The van der Waals surface area contributed by atoms with Crippen LogP contribution in [0.3, 0.4) is 0 Å². The second kappa shape index (κ2) is 9.41. The monoisotopic (exact) mass is 436 g/mol. The zero-order valence-corrected chi connectivity index (χ0v) is 17.8. The Kier molecular flexibility index (Phi) is 6.65. The van der Waals surface area contributed by atoms with Crippen LogP contribution in [0.4, 0.5) is 13.8 Å². The lowest BCUT2D eigenvalue weighted by Crippen LogP contribution is -2.40. The first-order chi connectivity index (χ1) is 14.5. The highest BCUT2D eigenvalue weighted by Crippen LogP contribution is 2.45. The number of amides is 1. The van der Waals surface area contributed by atoms with Gasteiger partial charge in [0, 0.05) is 30.5 Å². The second-order valence-electron chi connectivity index (χ2n) is 7.63. The molecule has 1 saturated heterocycles. The van der Waals surface area contributed by atoms with Gasteiger partial charge in [0.15, 0.2) is 0 Å². The van der Waals surface area contributed by atoms with Crippen LogP contribution >= 0.6 is 11.3 Å². The predicted octanol–water partition coefficient (Wildman–Crippen LogP) is 4.61. The second-order valence-corrected chi connectivity index (χ2v) is 8.74. The molecule has 1 aliphatic heterocycles. The number of morpholine rings is 1. The van der Waals surface area contributed by atoms with Crippen molar-refractivity contribution in [2.45, 2.75) is 45.3 Å². The molecule has 0 saturated carbocycles. The summed E-state index contributed by atoms with van der Waals surface area (Å²) >= 11 is 1.68. The Balaban J connectivity index is 1.78. The molecule has 2 aromatic rings. The van der Waals surface area contributed by atoms with Crippen molar-refractivity contribution < 1.29 is 23.0 Å². The number of alkyl halides is 2. The number of rotatable bonds is 6. The summed E-state index contributed by atoms with van der Waals surface area (Å²) in [5, 5.41) is 3.96. The van der Waals surface area contributed by atoms with Crippen molar-refractivity contribution in [3.05, 3.63) is 45.8 Å². The SMILES string of the molecule is CC(=O)Nc1sc2c(c1[C@H](c1ccc(OC(F)F)cc1)N1CCOCC1)CCCC2. The summed E-state index contributed by atoms with van der Waals surface area (Å²) in [5.41, 5.74) is 3.48. The Morgan fingerprint density at radius 2 is 1.87 bits per heavy atom. The van der Waals surface area contributed by atoms with Crippen molar-refractivity contribution in [2.24, 2.45) is 0 Å². The van der Waals surface area contributed by atoms with E-state index in [1.807, 2.05) is 12.1 Å². The fraction of sp³-hybridized carbons (Fsp3) is 0.500. The number of anilines is 1. The molecule has 1 atom stereocenters. The number of halogens is 2. The van der Waals surface area contributed by atoms with Crippen LogP contribution in [0.2, 0.25) is 0 Å². The molecular formula is C22H26F2N2O3S. The molecule has 30 heavy (non-hydrogen) atoms. The summed E-state index contributed by atoms with van der Waals surface area (Å²) in [6.07, 6.45) is 4.32. The van der Waals surface area contributed by atoms with Crippen LogP contribution in [-0.2, 0) is 22.4 Å². The molecule has 1 aliphatic carbocycles. The minimum atomic E-state index is -2.85. The van der Waals surface area contributed by atoms with E-state index in [0.717, 1.165) is 54.9 Å². The lowest BCUT2D eigenvalue weighted by molar-refractivity contribution is -0.114. The molecule has 1 aromatic heterocycles. The van der Waals surface area contributed by atoms with Crippen molar-refractivity contribution >= 4 is 22.2 Å². The van der Waals surface area contributed by atoms with E-state index < -0.39 is 6.61 Å². The van der Waals surface area contributed by atoms with Gasteiger partial charge >= 0.3 is 6.61 Å². The van der Waals surface area contributed by atoms with Gasteiger partial charge in [-0.15, -0.1) is 11.3 Å². The summed E-state index contributed by atoms with van der Waals surface area (Å²) < 4.78 is 35.2. The van der Waals surface area contributed by atoms with Gasteiger partial charge in [0.25, 0.3) is 0 Å². The number of carbonyl (C=O) groups excluding carboxylic acids is 1. The van der Waals surface area contributed by atoms with Crippen molar-refractivity contribution in [1.29, 1.82) is 0 Å². The number of fused-ring (bicyclic) bond motifs is 1. The molecule has 2 heterocycles. The van der Waals surface area contributed by atoms with Crippen molar-refractivity contribution in [1.82, 2.24) is 4.90 Å². The molecule has 1 aromatic carbocycles. The highest BCUT2D eigenvalue weighted by Gasteiger charge is 2.32. The van der Waals surface area contributed by atoms with Gasteiger partial charge in [-0.05, 0) is 48.9 Å².